The Morgan fingerprint density at radius 1 is 1.22 bits per heavy atom. The van der Waals surface area contributed by atoms with Crippen molar-refractivity contribution in [3.8, 4) is 0 Å². The Morgan fingerprint density at radius 2 is 1.92 bits per heavy atom. The average Bonchev–Trinajstić information content (AvgIpc) is 3.34. The minimum Gasteiger partial charge on any atom is -0.462 e. The Hall–Kier alpha value is -3.16. The lowest BCUT2D eigenvalue weighted by atomic mass is 9.61. The summed E-state index contributed by atoms with van der Waals surface area (Å²) in [6.07, 6.45) is 4.80. The van der Waals surface area contributed by atoms with Gasteiger partial charge >= 0.3 is 5.97 Å². The van der Waals surface area contributed by atoms with E-state index in [-0.39, 0.29) is 47.5 Å². The van der Waals surface area contributed by atoms with Crippen molar-refractivity contribution in [2.75, 3.05) is 11.5 Å². The van der Waals surface area contributed by atoms with Crippen LogP contribution in [0.1, 0.15) is 89.7 Å². The zero-order valence-corrected chi connectivity index (χ0v) is 21.8. The maximum atomic E-state index is 15.4. The molecule has 0 radical (unpaired) electrons. The van der Waals surface area contributed by atoms with Gasteiger partial charge in [-0.2, -0.15) is 0 Å². The molecule has 3 heterocycles. The summed E-state index contributed by atoms with van der Waals surface area (Å²) in [4.78, 5) is 44.3. The molecule has 1 saturated carbocycles. The third kappa shape index (κ3) is 3.01. The first kappa shape index (κ1) is 24.2. The van der Waals surface area contributed by atoms with Crippen LogP contribution in [0.15, 0.2) is 34.9 Å². The van der Waals surface area contributed by atoms with Crippen molar-refractivity contribution in [3.05, 3.63) is 51.9 Å². The number of ketones is 1. The number of allylic oxidation sites excluding steroid dienone is 1. The smallest absolute Gasteiger partial charge is 0.341 e. The Balaban J connectivity index is 1.74. The van der Waals surface area contributed by atoms with E-state index in [9.17, 15) is 9.59 Å². The van der Waals surface area contributed by atoms with E-state index in [4.69, 9.17) is 15.2 Å². The van der Waals surface area contributed by atoms with Gasteiger partial charge < -0.3 is 20.1 Å². The number of amides is 1. The fourth-order valence-electron chi connectivity index (χ4n) is 7.80. The number of hydrogen-bond donors (Lipinski definition) is 1. The number of carbonyl (C=O) groups is 3. The molecule has 0 bridgehead atoms. The second-order valence-corrected chi connectivity index (χ2v) is 12.1. The van der Waals surface area contributed by atoms with Gasteiger partial charge in [0.05, 0.1) is 17.9 Å². The Bertz CT molecular complexity index is 1340. The fraction of sp³-hybridized carbons (Fsp3) is 0.552. The van der Waals surface area contributed by atoms with Gasteiger partial charge in [-0.3, -0.25) is 9.59 Å². The van der Waals surface area contributed by atoms with Crippen molar-refractivity contribution in [3.63, 3.8) is 0 Å². The zero-order valence-electron chi connectivity index (χ0n) is 21.8. The summed E-state index contributed by atoms with van der Waals surface area (Å²) in [6.45, 7) is 7.65. The van der Waals surface area contributed by atoms with Gasteiger partial charge in [0, 0.05) is 23.9 Å². The number of fused-ring (bicyclic) bond motifs is 3. The fourth-order valence-corrected chi connectivity index (χ4v) is 7.80. The van der Waals surface area contributed by atoms with E-state index >= 15 is 9.18 Å². The van der Waals surface area contributed by atoms with Crippen molar-refractivity contribution >= 4 is 23.3 Å². The molecule has 1 aromatic carbocycles. The molecule has 196 valence electrons. The number of nitrogens with zero attached hydrogens (tertiary/aromatic N) is 1. The Labute approximate surface area is 215 Å². The second kappa shape index (κ2) is 7.68. The number of esters is 1. The van der Waals surface area contributed by atoms with Gasteiger partial charge in [0.1, 0.15) is 22.6 Å². The summed E-state index contributed by atoms with van der Waals surface area (Å²) in [5.74, 6) is -2.03. The van der Waals surface area contributed by atoms with Crippen LogP contribution in [-0.4, -0.2) is 29.8 Å². The number of Topliss-reactive ketones (excluding diaryl/α,β-unsaturated/α-hetero) is 1. The summed E-state index contributed by atoms with van der Waals surface area (Å²) in [6, 6.07) is 2.80. The summed E-state index contributed by atoms with van der Waals surface area (Å²) in [5, 5.41) is 0. The lowest BCUT2D eigenvalue weighted by molar-refractivity contribution is -0.141. The van der Waals surface area contributed by atoms with Crippen molar-refractivity contribution < 1.29 is 28.2 Å². The predicted octanol–water partition coefficient (Wildman–Crippen LogP) is 4.64. The van der Waals surface area contributed by atoms with E-state index in [1.807, 2.05) is 13.8 Å². The largest absolute Gasteiger partial charge is 0.462 e. The molecular formula is C29H33FN2O5. The highest BCUT2D eigenvalue weighted by molar-refractivity contribution is 6.24. The number of anilines is 1. The molecular weight excluding hydrogens is 475 g/mol. The van der Waals surface area contributed by atoms with Crippen molar-refractivity contribution in [2.24, 2.45) is 11.1 Å². The van der Waals surface area contributed by atoms with Gasteiger partial charge in [-0.1, -0.05) is 33.6 Å². The van der Waals surface area contributed by atoms with E-state index < -0.39 is 34.1 Å². The third-order valence-electron chi connectivity index (χ3n) is 9.03. The van der Waals surface area contributed by atoms with E-state index in [0.29, 0.717) is 24.1 Å². The standard InChI is InChI=1S/C29H33FN2O5/c1-5-36-25(34)22-24(31)37-20-14-27(3,4)13-19(33)21(20)29(22)18-11-16(30)10-17-15(2)12-28(8-6-7-9-28)32(23(17)18)26(29)35/h10-11,15H,5-9,12-14,31H2,1-4H3/t15-,29-/m1/s1. The van der Waals surface area contributed by atoms with Gasteiger partial charge in [0.2, 0.25) is 11.8 Å². The minimum atomic E-state index is -1.90. The molecule has 6 rings (SSSR count). The van der Waals surface area contributed by atoms with Crippen LogP contribution in [0.3, 0.4) is 0 Å². The van der Waals surface area contributed by atoms with Crippen LogP contribution in [0.2, 0.25) is 0 Å². The molecule has 8 heteroatoms. The van der Waals surface area contributed by atoms with Crippen molar-refractivity contribution in [1.82, 2.24) is 0 Å². The van der Waals surface area contributed by atoms with Crippen LogP contribution in [0.4, 0.5) is 10.1 Å². The first-order valence-corrected chi connectivity index (χ1v) is 13.3. The molecule has 1 fully saturated rings. The number of halogens is 1. The summed E-state index contributed by atoms with van der Waals surface area (Å²) in [7, 11) is 0. The molecule has 5 aliphatic rings. The van der Waals surface area contributed by atoms with Crippen LogP contribution in [0, 0.1) is 11.2 Å². The summed E-state index contributed by atoms with van der Waals surface area (Å²) in [5.41, 5.74) is 5.18. The number of carbonyl (C=O) groups excluding carboxylic acids is 3. The van der Waals surface area contributed by atoms with Crippen molar-refractivity contribution in [2.45, 2.75) is 89.5 Å². The third-order valence-corrected chi connectivity index (χ3v) is 9.03. The summed E-state index contributed by atoms with van der Waals surface area (Å²) < 4.78 is 26.7. The zero-order chi connectivity index (χ0) is 26.5. The highest BCUT2D eigenvalue weighted by Gasteiger charge is 2.68. The first-order chi connectivity index (χ1) is 17.5. The molecule has 0 saturated heterocycles. The van der Waals surface area contributed by atoms with Gasteiger partial charge in [-0.25, -0.2) is 9.18 Å². The maximum Gasteiger partial charge on any atom is 0.341 e. The minimum absolute atomic E-state index is 0.00315. The Kier molecular flexibility index (Phi) is 5.02. The number of rotatable bonds is 2. The van der Waals surface area contributed by atoms with Crippen molar-refractivity contribution in [1.29, 1.82) is 0 Å². The normalized spacial score (nSPS) is 29.1. The maximum absolute atomic E-state index is 15.4. The molecule has 1 amide bonds. The van der Waals surface area contributed by atoms with E-state index in [0.717, 1.165) is 31.2 Å². The molecule has 1 aromatic rings. The van der Waals surface area contributed by atoms with E-state index in [1.165, 1.54) is 12.1 Å². The number of nitrogens with two attached hydrogens (primary N) is 1. The monoisotopic (exact) mass is 508 g/mol. The Morgan fingerprint density at radius 3 is 2.59 bits per heavy atom. The lowest BCUT2D eigenvalue weighted by Crippen LogP contribution is -2.58. The number of ether oxygens (including phenoxy) is 2. The highest BCUT2D eigenvalue weighted by Crippen LogP contribution is 2.64. The average molecular weight is 509 g/mol. The van der Waals surface area contributed by atoms with Gasteiger partial charge in [0.15, 0.2) is 5.78 Å². The molecule has 7 nitrogen and oxygen atoms in total. The van der Waals surface area contributed by atoms with E-state index in [1.54, 1.807) is 11.8 Å². The predicted molar refractivity (Wildman–Crippen MR) is 134 cm³/mol. The van der Waals surface area contributed by atoms with Crippen LogP contribution in [0.5, 0.6) is 0 Å². The number of hydrogen-bond acceptors (Lipinski definition) is 6. The molecule has 2 aliphatic carbocycles. The molecule has 2 atom stereocenters. The molecule has 2 N–H and O–H groups in total. The SMILES string of the molecule is CCOC(=O)C1=C(N)OC2=C(C(=O)CC(C)(C)C2)[C@@]12C(=O)N1c3c(cc(F)cc32)[C@H](C)CC12CCCC2. The molecule has 0 aromatic heterocycles. The lowest BCUT2D eigenvalue weighted by Gasteiger charge is -2.47. The second-order valence-electron chi connectivity index (χ2n) is 12.1. The van der Waals surface area contributed by atoms with Crippen LogP contribution < -0.4 is 10.6 Å². The molecule has 0 unspecified atom stereocenters. The first-order valence-electron chi connectivity index (χ1n) is 13.3. The van der Waals surface area contributed by atoms with Gasteiger partial charge in [0.25, 0.3) is 0 Å². The highest BCUT2D eigenvalue weighted by atomic mass is 19.1. The van der Waals surface area contributed by atoms with Crippen LogP contribution >= 0.6 is 0 Å². The topological polar surface area (TPSA) is 98.9 Å². The molecule has 37 heavy (non-hydrogen) atoms. The quantitative estimate of drug-likeness (QED) is 0.585. The summed E-state index contributed by atoms with van der Waals surface area (Å²) >= 11 is 0. The van der Waals surface area contributed by atoms with Gasteiger partial charge in [-0.15, -0.1) is 0 Å². The number of benzene rings is 1. The molecule has 3 aliphatic heterocycles. The van der Waals surface area contributed by atoms with Crippen LogP contribution in [-0.2, 0) is 29.3 Å². The molecule has 2 spiro atoms. The van der Waals surface area contributed by atoms with Gasteiger partial charge in [-0.05, 0) is 55.2 Å². The van der Waals surface area contributed by atoms with Crippen LogP contribution in [0.25, 0.3) is 0 Å². The van der Waals surface area contributed by atoms with E-state index in [2.05, 4.69) is 6.92 Å².